The van der Waals surface area contributed by atoms with Crippen LogP contribution >= 0.6 is 0 Å². The summed E-state index contributed by atoms with van der Waals surface area (Å²) in [5.74, 6) is 0.355. The molecule has 8 heteroatoms. The first kappa shape index (κ1) is 20.1. The number of ether oxygens (including phenoxy) is 1. The molecule has 0 aliphatic heterocycles. The minimum Gasteiger partial charge on any atom is -0.489 e. The van der Waals surface area contributed by atoms with Crippen LogP contribution in [0.1, 0.15) is 15.9 Å². The zero-order valence-corrected chi connectivity index (χ0v) is 17.0. The molecule has 0 spiro atoms. The lowest BCUT2D eigenvalue weighted by molar-refractivity contribution is 0.102. The normalized spacial score (nSPS) is 10.8. The Hall–Kier alpha value is -4.20. The maximum Gasteiger partial charge on any atom is 0.332 e. The molecule has 2 aromatic heterocycles. The lowest BCUT2D eigenvalue weighted by Crippen LogP contribution is -2.37. The van der Waals surface area contributed by atoms with Crippen LogP contribution in [-0.4, -0.2) is 20.0 Å². The van der Waals surface area contributed by atoms with Crippen LogP contribution < -0.4 is 21.3 Å². The predicted octanol–water partition coefficient (Wildman–Crippen LogP) is 2.46. The van der Waals surface area contributed by atoms with Gasteiger partial charge in [0.25, 0.3) is 11.5 Å². The lowest BCUT2D eigenvalue weighted by Gasteiger charge is -2.12. The van der Waals surface area contributed by atoms with Crippen LogP contribution in [0.25, 0.3) is 11.0 Å². The van der Waals surface area contributed by atoms with Crippen molar-refractivity contribution in [1.29, 1.82) is 0 Å². The Morgan fingerprint density at radius 2 is 1.71 bits per heavy atom. The molecule has 156 valence electrons. The van der Waals surface area contributed by atoms with Gasteiger partial charge in [-0.1, -0.05) is 36.4 Å². The number of nitrogens with zero attached hydrogens (tertiary/aromatic N) is 3. The molecule has 4 aromatic rings. The summed E-state index contributed by atoms with van der Waals surface area (Å²) in [5, 5.41) is 3.02. The standard InChI is InChI=1S/C23H20N4O4/c1-26-20-19(22(29)27(2)23(26)30)12-16(13-24-20)25-21(28)18-11-7-6-8-15(18)14-31-17-9-4-3-5-10-17/h3-13H,14H2,1-2H3,(H,25,28). The van der Waals surface area contributed by atoms with Gasteiger partial charge < -0.3 is 10.1 Å². The summed E-state index contributed by atoms with van der Waals surface area (Å²) >= 11 is 0. The number of fused-ring (bicyclic) bond motifs is 1. The molecular formula is C23H20N4O4. The number of carbonyl (C=O) groups excluding carboxylic acids is 1. The summed E-state index contributed by atoms with van der Waals surface area (Å²) < 4.78 is 8.07. The summed E-state index contributed by atoms with van der Waals surface area (Å²) in [6, 6.07) is 18.0. The largest absolute Gasteiger partial charge is 0.489 e. The van der Waals surface area contributed by atoms with E-state index in [-0.39, 0.29) is 23.5 Å². The molecule has 0 radical (unpaired) electrons. The second-order valence-corrected chi connectivity index (χ2v) is 7.01. The molecule has 2 aromatic carbocycles. The zero-order chi connectivity index (χ0) is 22.0. The fourth-order valence-corrected chi connectivity index (χ4v) is 3.28. The molecule has 8 nitrogen and oxygen atoms in total. The van der Waals surface area contributed by atoms with Crippen molar-refractivity contribution >= 4 is 22.6 Å². The Morgan fingerprint density at radius 1 is 1.00 bits per heavy atom. The van der Waals surface area contributed by atoms with Crippen molar-refractivity contribution in [3.63, 3.8) is 0 Å². The van der Waals surface area contributed by atoms with Crippen molar-refractivity contribution < 1.29 is 9.53 Å². The third-order valence-electron chi connectivity index (χ3n) is 4.95. The van der Waals surface area contributed by atoms with E-state index >= 15 is 0 Å². The highest BCUT2D eigenvalue weighted by Crippen LogP contribution is 2.17. The Bertz CT molecular complexity index is 1390. The number of pyridine rings is 1. The van der Waals surface area contributed by atoms with Crippen molar-refractivity contribution in [2.45, 2.75) is 6.61 Å². The molecule has 0 aliphatic rings. The van der Waals surface area contributed by atoms with Crippen LogP contribution in [0.15, 0.2) is 76.4 Å². The van der Waals surface area contributed by atoms with Gasteiger partial charge in [-0.05, 0) is 24.3 Å². The first-order chi connectivity index (χ1) is 15.0. The van der Waals surface area contributed by atoms with Crippen LogP contribution in [0.3, 0.4) is 0 Å². The maximum absolute atomic E-state index is 12.9. The van der Waals surface area contributed by atoms with Crippen molar-refractivity contribution in [2.24, 2.45) is 14.1 Å². The van der Waals surface area contributed by atoms with Crippen LogP contribution in [0.5, 0.6) is 5.75 Å². The molecule has 0 bridgehead atoms. The number of hydrogen-bond donors (Lipinski definition) is 1. The summed E-state index contributed by atoms with van der Waals surface area (Å²) in [6.45, 7) is 0.228. The van der Waals surface area contributed by atoms with Gasteiger partial charge in [0.15, 0.2) is 0 Å². The molecule has 0 aliphatic carbocycles. The number of anilines is 1. The van der Waals surface area contributed by atoms with Gasteiger partial charge in [0.05, 0.1) is 17.3 Å². The third kappa shape index (κ3) is 3.95. The molecule has 1 amide bonds. The van der Waals surface area contributed by atoms with Gasteiger partial charge in [0.1, 0.15) is 18.0 Å². The van der Waals surface area contributed by atoms with E-state index < -0.39 is 11.2 Å². The molecule has 0 unspecified atom stereocenters. The van der Waals surface area contributed by atoms with E-state index in [1.807, 2.05) is 42.5 Å². The molecule has 31 heavy (non-hydrogen) atoms. The minimum atomic E-state index is -0.474. The minimum absolute atomic E-state index is 0.228. The fraction of sp³-hybridized carbons (Fsp3) is 0.130. The van der Waals surface area contributed by atoms with E-state index in [4.69, 9.17) is 4.74 Å². The van der Waals surface area contributed by atoms with E-state index in [2.05, 4.69) is 10.3 Å². The topological polar surface area (TPSA) is 95.2 Å². The highest BCUT2D eigenvalue weighted by molar-refractivity contribution is 6.05. The fourth-order valence-electron chi connectivity index (χ4n) is 3.28. The maximum atomic E-state index is 12.9. The number of aromatic nitrogens is 3. The number of carbonyl (C=O) groups is 1. The number of amides is 1. The van der Waals surface area contributed by atoms with E-state index in [1.54, 1.807) is 19.2 Å². The highest BCUT2D eigenvalue weighted by atomic mass is 16.5. The Kier molecular flexibility index (Phi) is 5.36. The van der Waals surface area contributed by atoms with Crippen LogP contribution in [0.2, 0.25) is 0 Å². The van der Waals surface area contributed by atoms with Crippen molar-refractivity contribution in [3.05, 3.63) is 98.8 Å². The Labute approximate surface area is 177 Å². The Morgan fingerprint density at radius 3 is 2.48 bits per heavy atom. The summed E-state index contributed by atoms with van der Waals surface area (Å²) in [7, 11) is 2.94. The number of hydrogen-bond acceptors (Lipinski definition) is 5. The summed E-state index contributed by atoms with van der Waals surface area (Å²) in [5.41, 5.74) is 0.838. The van der Waals surface area contributed by atoms with Gasteiger partial charge in [-0.15, -0.1) is 0 Å². The van der Waals surface area contributed by atoms with Crippen molar-refractivity contribution in [2.75, 3.05) is 5.32 Å². The van der Waals surface area contributed by atoms with Crippen molar-refractivity contribution in [3.8, 4) is 5.75 Å². The van der Waals surface area contributed by atoms with Crippen LogP contribution in [-0.2, 0) is 20.7 Å². The molecular weight excluding hydrogens is 396 g/mol. The molecule has 0 atom stereocenters. The van der Waals surface area contributed by atoms with E-state index in [0.29, 0.717) is 17.0 Å². The van der Waals surface area contributed by atoms with Crippen LogP contribution in [0, 0.1) is 0 Å². The number of benzene rings is 2. The zero-order valence-electron chi connectivity index (χ0n) is 17.0. The number of para-hydroxylation sites is 1. The van der Waals surface area contributed by atoms with Gasteiger partial charge in [-0.3, -0.25) is 18.7 Å². The van der Waals surface area contributed by atoms with Gasteiger partial charge >= 0.3 is 5.69 Å². The quantitative estimate of drug-likeness (QED) is 0.539. The monoisotopic (exact) mass is 416 g/mol. The van der Waals surface area contributed by atoms with E-state index in [0.717, 1.165) is 10.1 Å². The molecule has 0 fully saturated rings. The predicted molar refractivity (Wildman–Crippen MR) is 117 cm³/mol. The Balaban J connectivity index is 1.61. The molecule has 0 saturated heterocycles. The van der Waals surface area contributed by atoms with Gasteiger partial charge in [0.2, 0.25) is 0 Å². The smallest absolute Gasteiger partial charge is 0.332 e. The third-order valence-corrected chi connectivity index (χ3v) is 4.95. The average Bonchev–Trinajstić information content (AvgIpc) is 2.80. The van der Waals surface area contributed by atoms with Gasteiger partial charge in [-0.25, -0.2) is 9.78 Å². The number of rotatable bonds is 5. The lowest BCUT2D eigenvalue weighted by atomic mass is 10.1. The highest BCUT2D eigenvalue weighted by Gasteiger charge is 2.14. The van der Waals surface area contributed by atoms with Crippen molar-refractivity contribution in [1.82, 2.24) is 14.1 Å². The second kappa shape index (κ2) is 8.27. The van der Waals surface area contributed by atoms with Gasteiger partial charge in [-0.2, -0.15) is 0 Å². The van der Waals surface area contributed by atoms with Crippen LogP contribution in [0.4, 0.5) is 5.69 Å². The molecule has 0 saturated carbocycles. The first-order valence-electron chi connectivity index (χ1n) is 9.58. The molecule has 4 rings (SSSR count). The SMILES string of the molecule is Cn1c(=O)c2cc(NC(=O)c3ccccc3COc3ccccc3)cnc2n(C)c1=O. The van der Waals surface area contributed by atoms with Gasteiger partial charge in [0, 0.05) is 25.2 Å². The average molecular weight is 416 g/mol. The number of aryl methyl sites for hydroxylation is 1. The second-order valence-electron chi connectivity index (χ2n) is 7.01. The summed E-state index contributed by atoms with van der Waals surface area (Å²) in [6.07, 6.45) is 1.42. The molecule has 1 N–H and O–H groups in total. The summed E-state index contributed by atoms with van der Waals surface area (Å²) in [4.78, 5) is 41.6. The van der Waals surface area contributed by atoms with E-state index in [1.165, 1.54) is 23.9 Å². The molecule has 2 heterocycles. The van der Waals surface area contributed by atoms with E-state index in [9.17, 15) is 14.4 Å². The first-order valence-corrected chi connectivity index (χ1v) is 9.58. The number of nitrogens with one attached hydrogen (secondary N) is 1.